The molecule has 0 bridgehead atoms. The molecule has 4 rings (SSSR count). The first kappa shape index (κ1) is 31.0. The first-order valence-electron chi connectivity index (χ1n) is 13.7. The quantitative estimate of drug-likeness (QED) is 0.0599. The summed E-state index contributed by atoms with van der Waals surface area (Å²) < 4.78 is 6.09. The van der Waals surface area contributed by atoms with Gasteiger partial charge in [-0.15, -0.1) is 0 Å². The fourth-order valence-electron chi connectivity index (χ4n) is 4.25. The van der Waals surface area contributed by atoms with Crippen molar-refractivity contribution in [2.24, 2.45) is 0 Å². The van der Waals surface area contributed by atoms with Crippen molar-refractivity contribution >= 4 is 12.3 Å². The van der Waals surface area contributed by atoms with Gasteiger partial charge in [0.1, 0.15) is 5.75 Å². The number of aliphatic hydroxyl groups is 1. The van der Waals surface area contributed by atoms with Crippen LogP contribution in [-0.4, -0.2) is 39.1 Å². The molecule has 1 unspecified atom stereocenters. The van der Waals surface area contributed by atoms with Crippen LogP contribution in [-0.2, 0) is 11.3 Å². The number of unbranched alkanes of at least 4 members (excludes halogenated alkanes) is 3. The average molecular weight is 556 g/mol. The third-order valence-electron chi connectivity index (χ3n) is 6.40. The second kappa shape index (κ2) is 17.2. The summed E-state index contributed by atoms with van der Waals surface area (Å²) in [5.41, 5.74) is 5.21. The highest BCUT2D eigenvalue weighted by Crippen LogP contribution is 2.28. The van der Waals surface area contributed by atoms with Crippen LogP contribution in [0.3, 0.4) is 0 Å². The third-order valence-corrected chi connectivity index (χ3v) is 6.40. The Morgan fingerprint density at radius 1 is 0.927 bits per heavy atom. The normalized spacial score (nSPS) is 11.0. The van der Waals surface area contributed by atoms with Gasteiger partial charge in [0.05, 0.1) is 13.2 Å². The van der Waals surface area contributed by atoms with Gasteiger partial charge in [-0.25, -0.2) is 5.48 Å². The lowest BCUT2D eigenvalue weighted by Crippen LogP contribution is -2.34. The summed E-state index contributed by atoms with van der Waals surface area (Å²) in [4.78, 5) is 28.2. The monoisotopic (exact) mass is 555 g/mol. The molecule has 0 radical (unpaired) electrons. The van der Waals surface area contributed by atoms with Crippen molar-refractivity contribution in [1.29, 1.82) is 0 Å². The van der Waals surface area contributed by atoms with Crippen LogP contribution in [0.4, 0.5) is 0 Å². The highest BCUT2D eigenvalue weighted by atomic mass is 16.5. The van der Waals surface area contributed by atoms with Crippen LogP contribution in [0.2, 0.25) is 0 Å². The lowest BCUT2D eigenvalue weighted by molar-refractivity contribution is -0.116. The van der Waals surface area contributed by atoms with Crippen LogP contribution >= 0.6 is 0 Å². The van der Waals surface area contributed by atoms with Crippen molar-refractivity contribution in [3.8, 4) is 16.9 Å². The van der Waals surface area contributed by atoms with Crippen molar-refractivity contribution < 1.29 is 24.6 Å². The Bertz CT molecular complexity index is 1320. The van der Waals surface area contributed by atoms with Crippen LogP contribution in [0.15, 0.2) is 103 Å². The van der Waals surface area contributed by atoms with Crippen LogP contribution in [0, 0.1) is 0 Å². The minimum atomic E-state index is -1.11. The number of nitrogens with one attached hydrogen (secondary N) is 1. The highest BCUT2D eigenvalue weighted by Gasteiger charge is 2.26. The zero-order valence-electron chi connectivity index (χ0n) is 23.2. The molecule has 8 heteroatoms. The molecule has 3 N–H and O–H groups in total. The van der Waals surface area contributed by atoms with Gasteiger partial charge in [0, 0.05) is 29.1 Å². The Morgan fingerprint density at radius 2 is 1.63 bits per heavy atom. The molecular formula is C33H37N3O5. The van der Waals surface area contributed by atoms with Crippen molar-refractivity contribution in [1.82, 2.24) is 15.4 Å². The number of rotatable bonds is 13. The number of pyridine rings is 1. The zero-order chi connectivity index (χ0) is 29.3. The zero-order valence-corrected chi connectivity index (χ0v) is 23.2. The molecule has 0 fully saturated rings. The lowest BCUT2D eigenvalue weighted by Gasteiger charge is -2.29. The second-order valence-electron chi connectivity index (χ2n) is 9.30. The fraction of sp³-hybridized carbons (Fsp3) is 0.242. The van der Waals surface area contributed by atoms with Crippen LogP contribution in [0.5, 0.6) is 5.75 Å². The van der Waals surface area contributed by atoms with Crippen molar-refractivity contribution in [2.45, 2.75) is 45.4 Å². The van der Waals surface area contributed by atoms with Gasteiger partial charge in [-0.2, -0.15) is 0 Å². The van der Waals surface area contributed by atoms with Gasteiger partial charge >= 0.3 is 0 Å². The van der Waals surface area contributed by atoms with Crippen molar-refractivity contribution in [3.63, 3.8) is 0 Å². The topological polar surface area (TPSA) is 112 Å². The fourth-order valence-corrected chi connectivity index (χ4v) is 4.25. The minimum absolute atomic E-state index is 0.181. The summed E-state index contributed by atoms with van der Waals surface area (Å²) in [5, 5.41) is 18.6. The summed E-state index contributed by atoms with van der Waals surface area (Å²) in [7, 11) is 0. The number of carbonyl (C=O) groups is 2. The molecular weight excluding hydrogens is 518 g/mol. The molecule has 214 valence electrons. The minimum Gasteiger partial charge on any atom is -0.493 e. The molecule has 0 saturated carbocycles. The number of aliphatic hydroxyl groups excluding tert-OH is 1. The van der Waals surface area contributed by atoms with E-state index < -0.39 is 6.23 Å². The summed E-state index contributed by atoms with van der Waals surface area (Å²) in [5.74, 6) is 0.482. The number of para-hydroxylation sites is 1. The molecule has 1 aromatic heterocycles. The smallest absolute Gasteiger partial charge is 0.256 e. The van der Waals surface area contributed by atoms with Crippen molar-refractivity contribution in [2.75, 3.05) is 6.61 Å². The molecule has 0 spiro atoms. The van der Waals surface area contributed by atoms with E-state index in [-0.39, 0.29) is 18.9 Å². The Morgan fingerprint density at radius 3 is 2.29 bits per heavy atom. The molecule has 2 amide bonds. The van der Waals surface area contributed by atoms with Crippen LogP contribution < -0.4 is 10.2 Å². The molecule has 8 nitrogen and oxygen atoms in total. The third kappa shape index (κ3) is 9.56. The number of hydroxylamine groups is 1. The molecule has 3 aromatic carbocycles. The first-order chi connectivity index (χ1) is 20.1. The van der Waals surface area contributed by atoms with Gasteiger partial charge in [0.25, 0.3) is 5.91 Å². The first-order valence-corrected chi connectivity index (χ1v) is 13.7. The van der Waals surface area contributed by atoms with E-state index in [0.717, 1.165) is 35.3 Å². The number of nitrogens with zero attached hydrogens (tertiary/aromatic N) is 2. The van der Waals surface area contributed by atoms with Gasteiger partial charge in [-0.1, -0.05) is 92.9 Å². The van der Waals surface area contributed by atoms with E-state index in [4.69, 9.17) is 14.7 Å². The maximum atomic E-state index is 13.8. The number of benzene rings is 3. The summed E-state index contributed by atoms with van der Waals surface area (Å²) >= 11 is 0. The molecule has 41 heavy (non-hydrogen) atoms. The van der Waals surface area contributed by atoms with Gasteiger partial charge in [0.2, 0.25) is 6.41 Å². The Hall–Kier alpha value is -4.53. The van der Waals surface area contributed by atoms with Gasteiger partial charge in [-0.3, -0.25) is 19.8 Å². The number of amides is 2. The maximum Gasteiger partial charge on any atom is 0.256 e. The molecule has 0 aliphatic rings. The number of carbonyl (C=O) groups excluding carboxylic acids is 2. The standard InChI is InChI=1S/C32H34N2O3.CH3NO2/c1-2-3-4-10-22-37-30-16-9-8-14-29(30)24-34(31(35)26-12-6-5-7-13-26)32(36)27-19-17-25(18-20-27)28-15-11-21-33-23-28;3-1-2-4/h5-9,11-21,23,31,35H,2-4,10,22,24H2,1H3;1,4H,(H,2,3). The Labute approximate surface area is 241 Å². The number of aromatic nitrogens is 1. The summed E-state index contributed by atoms with van der Waals surface area (Å²) in [6.45, 7) is 3.03. The average Bonchev–Trinajstić information content (AvgIpc) is 3.04. The molecule has 0 saturated heterocycles. The van der Waals surface area contributed by atoms with E-state index in [1.807, 2.05) is 78.9 Å². The van der Waals surface area contributed by atoms with E-state index in [1.54, 1.807) is 24.5 Å². The number of ether oxygens (including phenoxy) is 1. The lowest BCUT2D eigenvalue weighted by atomic mass is 10.0. The van der Waals surface area contributed by atoms with Gasteiger partial charge in [-0.05, 0) is 41.8 Å². The van der Waals surface area contributed by atoms with Gasteiger partial charge < -0.3 is 14.7 Å². The molecule has 1 atom stereocenters. The van der Waals surface area contributed by atoms with E-state index >= 15 is 0 Å². The Balaban J connectivity index is 0.00000108. The predicted molar refractivity (Wildman–Crippen MR) is 158 cm³/mol. The number of hydrogen-bond donors (Lipinski definition) is 3. The van der Waals surface area contributed by atoms with Crippen LogP contribution in [0.1, 0.15) is 60.3 Å². The molecule has 0 aliphatic heterocycles. The highest BCUT2D eigenvalue weighted by molar-refractivity contribution is 5.95. The predicted octanol–water partition coefficient (Wildman–Crippen LogP) is 6.16. The van der Waals surface area contributed by atoms with E-state index in [2.05, 4.69) is 11.9 Å². The van der Waals surface area contributed by atoms with Gasteiger partial charge in [0.15, 0.2) is 6.23 Å². The maximum absolute atomic E-state index is 13.8. The largest absolute Gasteiger partial charge is 0.493 e. The molecule has 1 heterocycles. The SMILES string of the molecule is CCCCCCOc1ccccc1CN(C(=O)c1ccc(-c2cccnc2)cc1)C(O)c1ccccc1.O=CNO. The van der Waals surface area contributed by atoms with Crippen LogP contribution in [0.25, 0.3) is 11.1 Å². The summed E-state index contributed by atoms with van der Waals surface area (Å²) in [6, 6.07) is 28.3. The van der Waals surface area contributed by atoms with E-state index in [0.29, 0.717) is 17.7 Å². The van der Waals surface area contributed by atoms with Crippen molar-refractivity contribution in [3.05, 3.63) is 120 Å². The molecule has 0 aliphatic carbocycles. The van der Waals surface area contributed by atoms with E-state index in [9.17, 15) is 9.90 Å². The summed E-state index contributed by atoms with van der Waals surface area (Å²) in [6.07, 6.45) is 7.08. The van der Waals surface area contributed by atoms with E-state index in [1.165, 1.54) is 23.2 Å². The number of hydrogen-bond acceptors (Lipinski definition) is 6. The Kier molecular flexibility index (Phi) is 13.0. The molecule has 4 aromatic rings. The second-order valence-corrected chi connectivity index (χ2v) is 9.30.